The third-order valence-corrected chi connectivity index (χ3v) is 5.21. The van der Waals surface area contributed by atoms with Crippen molar-refractivity contribution in [1.29, 1.82) is 0 Å². The second kappa shape index (κ2) is 5.68. The standard InChI is InChI=1S/C21H17N3O2/c25-21(26)18-10-16-15-3-1-2-4-17(15)23-20(16)19(24-18)13-5-6-14-11-22-8-7-12(14)9-13/h1-9,11,18-19,23-24H,10H2,(H,25,26). The van der Waals surface area contributed by atoms with E-state index in [1.165, 1.54) is 0 Å². The van der Waals surface area contributed by atoms with E-state index in [-0.39, 0.29) is 6.04 Å². The van der Waals surface area contributed by atoms with Crippen LogP contribution >= 0.6 is 0 Å². The van der Waals surface area contributed by atoms with Gasteiger partial charge in [0.25, 0.3) is 0 Å². The Kier molecular flexibility index (Phi) is 3.30. The van der Waals surface area contributed by atoms with Gasteiger partial charge in [-0.3, -0.25) is 15.1 Å². The summed E-state index contributed by atoms with van der Waals surface area (Å²) in [5, 5.41) is 16.2. The number of benzene rings is 2. The highest BCUT2D eigenvalue weighted by Gasteiger charge is 2.33. The van der Waals surface area contributed by atoms with E-state index in [4.69, 9.17) is 0 Å². The van der Waals surface area contributed by atoms with Crippen molar-refractivity contribution < 1.29 is 9.90 Å². The third-order valence-electron chi connectivity index (χ3n) is 5.21. The van der Waals surface area contributed by atoms with E-state index < -0.39 is 12.0 Å². The quantitative estimate of drug-likeness (QED) is 0.521. The lowest BCUT2D eigenvalue weighted by molar-refractivity contribution is -0.139. The monoisotopic (exact) mass is 343 g/mol. The number of carboxylic acids is 1. The molecule has 0 bridgehead atoms. The zero-order chi connectivity index (χ0) is 17.7. The smallest absolute Gasteiger partial charge is 0.321 e. The molecule has 2 unspecified atom stereocenters. The van der Waals surface area contributed by atoms with Crippen molar-refractivity contribution in [3.05, 3.63) is 77.7 Å². The molecule has 0 spiro atoms. The Hall–Kier alpha value is -3.18. The molecule has 0 saturated carbocycles. The van der Waals surface area contributed by atoms with Crippen LogP contribution < -0.4 is 5.32 Å². The number of nitrogens with zero attached hydrogens (tertiary/aromatic N) is 1. The normalized spacial score (nSPS) is 19.5. The van der Waals surface area contributed by atoms with Crippen LogP contribution in [0, 0.1) is 0 Å². The van der Waals surface area contributed by atoms with Crippen LogP contribution in [0.5, 0.6) is 0 Å². The summed E-state index contributed by atoms with van der Waals surface area (Å²) in [4.78, 5) is 19.4. The highest BCUT2D eigenvalue weighted by atomic mass is 16.4. The minimum atomic E-state index is -0.823. The predicted octanol–water partition coefficient (Wildman–Crippen LogP) is 3.40. The lowest BCUT2D eigenvalue weighted by atomic mass is 9.89. The number of aliphatic carboxylic acids is 1. The molecule has 4 aromatic rings. The van der Waals surface area contributed by atoms with E-state index in [0.29, 0.717) is 6.42 Å². The van der Waals surface area contributed by atoms with E-state index in [2.05, 4.69) is 27.4 Å². The van der Waals surface area contributed by atoms with Crippen LogP contribution in [0.2, 0.25) is 0 Å². The fourth-order valence-corrected chi connectivity index (χ4v) is 3.94. The number of hydrogen-bond donors (Lipinski definition) is 3. The molecule has 0 saturated heterocycles. The summed E-state index contributed by atoms with van der Waals surface area (Å²) in [5.74, 6) is -0.823. The van der Waals surface area contributed by atoms with Gasteiger partial charge in [0.2, 0.25) is 0 Å². The van der Waals surface area contributed by atoms with E-state index in [1.807, 2.05) is 42.6 Å². The van der Waals surface area contributed by atoms with Gasteiger partial charge in [-0.15, -0.1) is 0 Å². The topological polar surface area (TPSA) is 78.0 Å². The first-order chi connectivity index (χ1) is 12.7. The number of rotatable bonds is 2. The van der Waals surface area contributed by atoms with Crippen LogP contribution in [0.3, 0.4) is 0 Å². The lowest BCUT2D eigenvalue weighted by Crippen LogP contribution is -2.44. The van der Waals surface area contributed by atoms with Gasteiger partial charge in [0.05, 0.1) is 6.04 Å². The molecule has 0 amide bonds. The van der Waals surface area contributed by atoms with Gasteiger partial charge in [-0.2, -0.15) is 0 Å². The molecule has 5 nitrogen and oxygen atoms in total. The van der Waals surface area contributed by atoms with E-state index >= 15 is 0 Å². The largest absolute Gasteiger partial charge is 0.480 e. The zero-order valence-electron chi connectivity index (χ0n) is 13.9. The molecule has 5 rings (SSSR count). The number of carbonyl (C=O) groups is 1. The van der Waals surface area contributed by atoms with Crippen molar-refractivity contribution in [3.8, 4) is 0 Å². The van der Waals surface area contributed by atoms with Crippen molar-refractivity contribution >= 4 is 27.6 Å². The number of nitrogens with one attached hydrogen (secondary N) is 2. The molecule has 2 atom stereocenters. The Morgan fingerprint density at radius 3 is 2.88 bits per heavy atom. The summed E-state index contributed by atoms with van der Waals surface area (Å²) in [6, 6.07) is 15.4. The zero-order valence-corrected chi connectivity index (χ0v) is 13.9. The Balaban J connectivity index is 1.71. The van der Waals surface area contributed by atoms with Crippen LogP contribution in [-0.2, 0) is 11.2 Å². The van der Waals surface area contributed by atoms with Crippen molar-refractivity contribution in [3.63, 3.8) is 0 Å². The predicted molar refractivity (Wildman–Crippen MR) is 100 cm³/mol. The fourth-order valence-electron chi connectivity index (χ4n) is 3.94. The number of pyridine rings is 1. The number of carboxylic acid groups (broad SMARTS) is 1. The molecule has 3 heterocycles. The van der Waals surface area contributed by atoms with Gasteiger partial charge >= 0.3 is 5.97 Å². The van der Waals surface area contributed by atoms with Gasteiger partial charge in [-0.25, -0.2) is 0 Å². The summed E-state index contributed by atoms with van der Waals surface area (Å²) in [7, 11) is 0. The van der Waals surface area contributed by atoms with Gasteiger partial charge < -0.3 is 10.1 Å². The molecule has 26 heavy (non-hydrogen) atoms. The maximum atomic E-state index is 11.7. The molecular weight excluding hydrogens is 326 g/mol. The lowest BCUT2D eigenvalue weighted by Gasteiger charge is -2.29. The molecule has 5 heteroatoms. The van der Waals surface area contributed by atoms with Crippen molar-refractivity contribution in [2.24, 2.45) is 0 Å². The molecule has 3 N–H and O–H groups in total. The fraction of sp³-hybridized carbons (Fsp3) is 0.143. The maximum absolute atomic E-state index is 11.7. The maximum Gasteiger partial charge on any atom is 0.321 e. The first-order valence-electron chi connectivity index (χ1n) is 8.63. The third kappa shape index (κ3) is 2.29. The Bertz CT molecular complexity index is 1150. The van der Waals surface area contributed by atoms with Crippen molar-refractivity contribution in [2.45, 2.75) is 18.5 Å². The van der Waals surface area contributed by atoms with Gasteiger partial charge in [0.15, 0.2) is 0 Å². The molecule has 1 aliphatic rings. The Morgan fingerprint density at radius 1 is 1.12 bits per heavy atom. The van der Waals surface area contributed by atoms with Crippen molar-refractivity contribution in [2.75, 3.05) is 0 Å². The average Bonchev–Trinajstić information content (AvgIpc) is 3.05. The Morgan fingerprint density at radius 2 is 2.00 bits per heavy atom. The minimum Gasteiger partial charge on any atom is -0.480 e. The number of fused-ring (bicyclic) bond motifs is 4. The summed E-state index contributed by atoms with van der Waals surface area (Å²) in [6.45, 7) is 0. The molecule has 128 valence electrons. The van der Waals surface area contributed by atoms with Gasteiger partial charge in [0, 0.05) is 40.8 Å². The SMILES string of the molecule is O=C(O)C1Cc2c([nH]c3ccccc23)C(c2ccc3cnccc3c2)N1. The van der Waals surface area contributed by atoms with Crippen LogP contribution in [0.25, 0.3) is 21.7 Å². The summed E-state index contributed by atoms with van der Waals surface area (Å²) < 4.78 is 0. The number of H-pyrrole nitrogens is 1. The number of aromatic amines is 1. The van der Waals surface area contributed by atoms with E-state index in [0.717, 1.165) is 38.5 Å². The highest BCUT2D eigenvalue weighted by molar-refractivity contribution is 5.87. The highest BCUT2D eigenvalue weighted by Crippen LogP contribution is 2.35. The number of hydrogen-bond acceptors (Lipinski definition) is 3. The van der Waals surface area contributed by atoms with Crippen LogP contribution in [-0.4, -0.2) is 27.1 Å². The molecule has 2 aromatic carbocycles. The van der Waals surface area contributed by atoms with Gasteiger partial charge in [-0.05, 0) is 34.7 Å². The van der Waals surface area contributed by atoms with Crippen LogP contribution in [0.4, 0.5) is 0 Å². The molecular formula is C21H17N3O2. The van der Waals surface area contributed by atoms with Crippen LogP contribution in [0.1, 0.15) is 22.9 Å². The summed E-state index contributed by atoms with van der Waals surface area (Å²) >= 11 is 0. The van der Waals surface area contributed by atoms with E-state index in [1.54, 1.807) is 6.20 Å². The first-order valence-corrected chi connectivity index (χ1v) is 8.63. The second-order valence-corrected chi connectivity index (χ2v) is 6.74. The Labute approximate surface area is 149 Å². The van der Waals surface area contributed by atoms with E-state index in [9.17, 15) is 9.90 Å². The minimum absolute atomic E-state index is 0.190. The first kappa shape index (κ1) is 15.1. The average molecular weight is 343 g/mol. The molecule has 1 aliphatic heterocycles. The number of para-hydroxylation sites is 1. The van der Waals surface area contributed by atoms with Gasteiger partial charge in [-0.1, -0.05) is 30.3 Å². The summed E-state index contributed by atoms with van der Waals surface area (Å²) in [6.07, 6.45) is 4.08. The van der Waals surface area contributed by atoms with Crippen LogP contribution in [0.15, 0.2) is 60.9 Å². The van der Waals surface area contributed by atoms with Gasteiger partial charge in [0.1, 0.15) is 6.04 Å². The number of aromatic nitrogens is 2. The van der Waals surface area contributed by atoms with Crippen molar-refractivity contribution in [1.82, 2.24) is 15.3 Å². The second-order valence-electron chi connectivity index (χ2n) is 6.74. The summed E-state index contributed by atoms with van der Waals surface area (Å²) in [5.41, 5.74) is 4.23. The molecule has 0 fully saturated rings. The molecule has 0 aliphatic carbocycles. The molecule has 0 radical (unpaired) electrons. The molecule has 2 aromatic heterocycles.